The molecule has 0 amide bonds. The second kappa shape index (κ2) is 5.71. The van der Waals surface area contributed by atoms with Crippen molar-refractivity contribution in [2.24, 2.45) is 0 Å². The van der Waals surface area contributed by atoms with Crippen molar-refractivity contribution in [3.8, 4) is 0 Å². The summed E-state index contributed by atoms with van der Waals surface area (Å²) in [5.41, 5.74) is 1.56. The quantitative estimate of drug-likeness (QED) is 0.887. The van der Waals surface area contributed by atoms with Crippen LogP contribution in [0, 0.1) is 0 Å². The Morgan fingerprint density at radius 1 is 1.30 bits per heavy atom. The van der Waals surface area contributed by atoms with Crippen LogP contribution < -0.4 is 10.0 Å². The third kappa shape index (κ3) is 3.71. The number of halogens is 3. The zero-order valence-corrected chi connectivity index (χ0v) is 11.4. The van der Waals surface area contributed by atoms with Crippen molar-refractivity contribution in [1.82, 2.24) is 10.0 Å². The summed E-state index contributed by atoms with van der Waals surface area (Å²) in [6.07, 6.45) is -5.00. The monoisotopic (exact) mass is 308 g/mol. The molecule has 1 aliphatic rings. The molecule has 20 heavy (non-hydrogen) atoms. The van der Waals surface area contributed by atoms with Crippen molar-refractivity contribution in [1.29, 1.82) is 0 Å². The number of fused-ring (bicyclic) bond motifs is 1. The average Bonchev–Trinajstić information content (AvgIpc) is 2.36. The van der Waals surface area contributed by atoms with Gasteiger partial charge in [0.15, 0.2) is 0 Å². The molecule has 1 heterocycles. The number of rotatable bonds is 4. The van der Waals surface area contributed by atoms with Gasteiger partial charge in [0.05, 0.1) is 11.3 Å². The Balaban J connectivity index is 2.18. The topological polar surface area (TPSA) is 58.2 Å². The second-order valence-corrected chi connectivity index (χ2v) is 6.32. The minimum absolute atomic E-state index is 0.0821. The van der Waals surface area contributed by atoms with Crippen molar-refractivity contribution >= 4 is 10.0 Å². The molecule has 0 radical (unpaired) electrons. The zero-order chi connectivity index (χ0) is 14.8. The highest BCUT2D eigenvalue weighted by molar-refractivity contribution is 7.89. The first-order chi connectivity index (χ1) is 9.30. The summed E-state index contributed by atoms with van der Waals surface area (Å²) in [6.45, 7) is 0.580. The van der Waals surface area contributed by atoms with Gasteiger partial charge in [0.2, 0.25) is 10.0 Å². The van der Waals surface area contributed by atoms with Crippen LogP contribution in [0.25, 0.3) is 0 Å². The Morgan fingerprint density at radius 2 is 2.05 bits per heavy atom. The van der Waals surface area contributed by atoms with Gasteiger partial charge in [-0.3, -0.25) is 0 Å². The van der Waals surface area contributed by atoms with Gasteiger partial charge < -0.3 is 5.32 Å². The van der Waals surface area contributed by atoms with E-state index >= 15 is 0 Å². The lowest BCUT2D eigenvalue weighted by Crippen LogP contribution is -2.31. The highest BCUT2D eigenvalue weighted by atomic mass is 32.2. The Bertz CT molecular complexity index is 585. The van der Waals surface area contributed by atoms with Gasteiger partial charge in [0.25, 0.3) is 0 Å². The van der Waals surface area contributed by atoms with Crippen LogP contribution in [-0.2, 0) is 23.0 Å². The summed E-state index contributed by atoms with van der Waals surface area (Å²) in [6, 6.07) is 4.85. The fourth-order valence-corrected chi connectivity index (χ4v) is 3.50. The lowest BCUT2D eigenvalue weighted by Gasteiger charge is -2.20. The van der Waals surface area contributed by atoms with E-state index in [2.05, 4.69) is 5.32 Å². The number of benzene rings is 1. The van der Waals surface area contributed by atoms with Crippen LogP contribution in [-0.4, -0.2) is 27.7 Å². The van der Waals surface area contributed by atoms with E-state index in [4.69, 9.17) is 0 Å². The summed E-state index contributed by atoms with van der Waals surface area (Å²) in [5, 5.41) is 3.12. The van der Waals surface area contributed by atoms with Crippen LogP contribution in [0.1, 0.15) is 17.5 Å². The first-order valence-corrected chi connectivity index (χ1v) is 7.66. The maximum Gasteiger partial charge on any atom is 0.390 e. The lowest BCUT2D eigenvalue weighted by atomic mass is 10.0. The van der Waals surface area contributed by atoms with Crippen LogP contribution >= 0.6 is 0 Å². The standard InChI is InChI=1S/C12H15F3N2O2S/c13-12(14,15)5-7-17-20(18,19)11-3-1-2-9-8-16-6-4-10(9)11/h1-3,16-17H,4-8H2. The zero-order valence-electron chi connectivity index (χ0n) is 10.6. The van der Waals surface area contributed by atoms with Crippen LogP contribution in [0.2, 0.25) is 0 Å². The highest BCUT2D eigenvalue weighted by Gasteiger charge is 2.28. The van der Waals surface area contributed by atoms with Gasteiger partial charge in [-0.2, -0.15) is 13.2 Å². The van der Waals surface area contributed by atoms with Gasteiger partial charge in [0.1, 0.15) is 0 Å². The minimum atomic E-state index is -4.37. The van der Waals surface area contributed by atoms with Crippen LogP contribution in [0.15, 0.2) is 23.1 Å². The number of nitrogens with one attached hydrogen (secondary N) is 2. The Hall–Kier alpha value is -1.12. The fourth-order valence-electron chi connectivity index (χ4n) is 2.15. The maximum absolute atomic E-state index is 12.1. The minimum Gasteiger partial charge on any atom is -0.312 e. The molecule has 2 rings (SSSR count). The summed E-state index contributed by atoms with van der Waals surface area (Å²) < 4.78 is 62.4. The van der Waals surface area contributed by atoms with E-state index in [1.54, 1.807) is 6.07 Å². The summed E-state index contributed by atoms with van der Waals surface area (Å²) in [4.78, 5) is 0.0821. The number of hydrogen-bond acceptors (Lipinski definition) is 3. The Kier molecular flexibility index (Phi) is 4.36. The van der Waals surface area contributed by atoms with Gasteiger partial charge in [-0.15, -0.1) is 0 Å². The van der Waals surface area contributed by atoms with Crippen molar-refractivity contribution in [2.45, 2.75) is 30.5 Å². The maximum atomic E-state index is 12.1. The van der Waals surface area contributed by atoms with Crippen molar-refractivity contribution in [2.75, 3.05) is 13.1 Å². The average molecular weight is 308 g/mol. The fraction of sp³-hybridized carbons (Fsp3) is 0.500. The Morgan fingerprint density at radius 3 is 2.75 bits per heavy atom. The van der Waals surface area contributed by atoms with Gasteiger partial charge in [0, 0.05) is 13.1 Å². The predicted molar refractivity (Wildman–Crippen MR) is 67.7 cm³/mol. The molecule has 8 heteroatoms. The molecule has 0 spiro atoms. The molecule has 112 valence electrons. The van der Waals surface area contributed by atoms with E-state index in [1.165, 1.54) is 6.07 Å². The SMILES string of the molecule is O=S(=O)(NCCC(F)(F)F)c1cccc2c1CCNC2. The van der Waals surface area contributed by atoms with E-state index in [9.17, 15) is 21.6 Å². The second-order valence-electron chi connectivity index (χ2n) is 4.58. The third-order valence-electron chi connectivity index (χ3n) is 3.09. The molecular formula is C12H15F3N2O2S. The highest BCUT2D eigenvalue weighted by Crippen LogP contribution is 2.23. The molecular weight excluding hydrogens is 293 g/mol. The predicted octanol–water partition coefficient (Wildman–Crippen LogP) is 1.56. The molecule has 2 N–H and O–H groups in total. The molecule has 0 saturated heterocycles. The molecule has 0 unspecified atom stereocenters. The molecule has 0 aromatic heterocycles. The van der Waals surface area contributed by atoms with Gasteiger partial charge in [-0.25, -0.2) is 13.1 Å². The lowest BCUT2D eigenvalue weighted by molar-refractivity contribution is -0.132. The molecule has 0 saturated carbocycles. The summed E-state index contributed by atoms with van der Waals surface area (Å²) in [7, 11) is -3.90. The molecule has 1 aromatic carbocycles. The smallest absolute Gasteiger partial charge is 0.312 e. The first-order valence-electron chi connectivity index (χ1n) is 6.17. The molecule has 1 aromatic rings. The van der Waals surface area contributed by atoms with E-state index in [-0.39, 0.29) is 4.90 Å². The molecule has 1 aliphatic heterocycles. The molecule has 0 fully saturated rings. The Labute approximate surface area is 115 Å². The molecule has 0 atom stereocenters. The molecule has 0 aliphatic carbocycles. The van der Waals surface area contributed by atoms with Gasteiger partial charge in [-0.1, -0.05) is 12.1 Å². The molecule has 0 bridgehead atoms. The van der Waals surface area contributed by atoms with Crippen LogP contribution in [0.4, 0.5) is 13.2 Å². The normalized spacial score (nSPS) is 15.9. The third-order valence-corrected chi connectivity index (χ3v) is 4.63. The van der Waals surface area contributed by atoms with Crippen LogP contribution in [0.5, 0.6) is 0 Å². The van der Waals surface area contributed by atoms with E-state index in [1.807, 2.05) is 10.8 Å². The van der Waals surface area contributed by atoms with Crippen molar-refractivity contribution in [3.05, 3.63) is 29.3 Å². The summed E-state index contributed by atoms with van der Waals surface area (Å²) >= 11 is 0. The van der Waals surface area contributed by atoms with E-state index < -0.39 is 29.2 Å². The van der Waals surface area contributed by atoms with E-state index in [0.29, 0.717) is 25.1 Å². The summed E-state index contributed by atoms with van der Waals surface area (Å²) in [5.74, 6) is 0. The van der Waals surface area contributed by atoms with Crippen LogP contribution in [0.3, 0.4) is 0 Å². The van der Waals surface area contributed by atoms with Crippen molar-refractivity contribution < 1.29 is 21.6 Å². The number of alkyl halides is 3. The van der Waals surface area contributed by atoms with E-state index in [0.717, 1.165) is 5.56 Å². The molecule has 4 nitrogen and oxygen atoms in total. The van der Waals surface area contributed by atoms with Gasteiger partial charge in [-0.05, 0) is 30.2 Å². The number of hydrogen-bond donors (Lipinski definition) is 2. The van der Waals surface area contributed by atoms with Crippen molar-refractivity contribution in [3.63, 3.8) is 0 Å². The first kappa shape index (κ1) is 15.3. The number of sulfonamides is 1. The van der Waals surface area contributed by atoms with Gasteiger partial charge >= 0.3 is 6.18 Å². The largest absolute Gasteiger partial charge is 0.390 e.